The molecule has 94 valence electrons. The van der Waals surface area contributed by atoms with Gasteiger partial charge in [0.1, 0.15) is 5.82 Å². The van der Waals surface area contributed by atoms with Crippen molar-refractivity contribution in [3.05, 3.63) is 70.5 Å². The van der Waals surface area contributed by atoms with Gasteiger partial charge in [0.15, 0.2) is 0 Å². The van der Waals surface area contributed by atoms with Gasteiger partial charge in [-0.3, -0.25) is 0 Å². The highest BCUT2D eigenvalue weighted by atomic mass is 19.1. The highest BCUT2D eigenvalue weighted by Crippen LogP contribution is 2.16. The Bertz CT molecular complexity index is 529. The number of hydrogen-bond acceptors (Lipinski definition) is 1. The molecular weight excluding hydrogens is 225 g/mol. The van der Waals surface area contributed by atoms with Crippen molar-refractivity contribution in [2.75, 3.05) is 0 Å². The zero-order valence-electron chi connectivity index (χ0n) is 10.8. The standard InChI is InChI=1S/C16H18FN/c1-11-9-14(5-8-16(11)17)10-13-3-6-15(7-4-13)12(2)18/h3-9,12H,10,18H2,1-2H3. The SMILES string of the molecule is Cc1cc(Cc2ccc(C(C)N)cc2)ccc1F. The summed E-state index contributed by atoms with van der Waals surface area (Å²) in [6.07, 6.45) is 0.820. The molecule has 2 aromatic rings. The van der Waals surface area contributed by atoms with Crippen molar-refractivity contribution >= 4 is 0 Å². The Morgan fingerprint density at radius 3 is 2.22 bits per heavy atom. The minimum Gasteiger partial charge on any atom is -0.324 e. The van der Waals surface area contributed by atoms with Gasteiger partial charge >= 0.3 is 0 Å². The van der Waals surface area contributed by atoms with Gasteiger partial charge < -0.3 is 5.73 Å². The summed E-state index contributed by atoms with van der Waals surface area (Å²) in [6.45, 7) is 3.76. The summed E-state index contributed by atoms with van der Waals surface area (Å²) in [5.41, 5.74) is 9.98. The van der Waals surface area contributed by atoms with E-state index in [0.717, 1.165) is 17.5 Å². The number of benzene rings is 2. The van der Waals surface area contributed by atoms with Gasteiger partial charge in [-0.05, 0) is 48.6 Å². The Hall–Kier alpha value is -1.67. The predicted molar refractivity (Wildman–Crippen MR) is 73.0 cm³/mol. The second kappa shape index (κ2) is 5.32. The van der Waals surface area contributed by atoms with Crippen molar-refractivity contribution in [2.24, 2.45) is 5.73 Å². The van der Waals surface area contributed by atoms with E-state index in [-0.39, 0.29) is 11.9 Å². The molecule has 1 atom stereocenters. The normalized spacial score (nSPS) is 12.4. The van der Waals surface area contributed by atoms with Crippen LogP contribution in [-0.2, 0) is 6.42 Å². The fourth-order valence-electron chi connectivity index (χ4n) is 1.99. The molecule has 2 heteroatoms. The smallest absolute Gasteiger partial charge is 0.126 e. The predicted octanol–water partition coefficient (Wildman–Crippen LogP) is 3.74. The first kappa shape index (κ1) is 12.8. The average molecular weight is 243 g/mol. The Morgan fingerprint density at radius 1 is 1.06 bits per heavy atom. The zero-order valence-corrected chi connectivity index (χ0v) is 10.8. The van der Waals surface area contributed by atoms with E-state index in [1.165, 1.54) is 11.6 Å². The van der Waals surface area contributed by atoms with Crippen LogP contribution in [0.5, 0.6) is 0 Å². The van der Waals surface area contributed by atoms with Gasteiger partial charge in [0.25, 0.3) is 0 Å². The number of rotatable bonds is 3. The van der Waals surface area contributed by atoms with Crippen molar-refractivity contribution in [1.29, 1.82) is 0 Å². The first-order chi connectivity index (χ1) is 8.56. The molecule has 2 aromatic carbocycles. The van der Waals surface area contributed by atoms with E-state index in [9.17, 15) is 4.39 Å². The molecule has 0 saturated carbocycles. The van der Waals surface area contributed by atoms with Gasteiger partial charge in [-0.2, -0.15) is 0 Å². The first-order valence-electron chi connectivity index (χ1n) is 6.15. The number of aryl methyl sites for hydroxylation is 1. The molecular formula is C16H18FN. The van der Waals surface area contributed by atoms with Crippen LogP contribution < -0.4 is 5.73 Å². The topological polar surface area (TPSA) is 26.0 Å². The first-order valence-corrected chi connectivity index (χ1v) is 6.15. The van der Waals surface area contributed by atoms with E-state index in [0.29, 0.717) is 5.56 Å². The molecule has 0 aliphatic rings. The van der Waals surface area contributed by atoms with Crippen molar-refractivity contribution in [3.63, 3.8) is 0 Å². The molecule has 0 fully saturated rings. The third-order valence-corrected chi connectivity index (χ3v) is 3.14. The lowest BCUT2D eigenvalue weighted by Crippen LogP contribution is -2.04. The molecule has 0 amide bonds. The van der Waals surface area contributed by atoms with Crippen LogP contribution in [0.2, 0.25) is 0 Å². The molecule has 0 heterocycles. The summed E-state index contributed by atoms with van der Waals surface area (Å²) in [5, 5.41) is 0. The summed E-state index contributed by atoms with van der Waals surface area (Å²) in [5.74, 6) is -0.147. The Labute approximate surface area is 107 Å². The Morgan fingerprint density at radius 2 is 1.67 bits per heavy atom. The van der Waals surface area contributed by atoms with Crippen LogP contribution in [0.4, 0.5) is 4.39 Å². The van der Waals surface area contributed by atoms with E-state index in [4.69, 9.17) is 5.73 Å². The van der Waals surface area contributed by atoms with Gasteiger partial charge in [0.05, 0.1) is 0 Å². The van der Waals surface area contributed by atoms with Gasteiger partial charge in [-0.1, -0.05) is 36.4 Å². The van der Waals surface area contributed by atoms with Crippen LogP contribution in [0, 0.1) is 12.7 Å². The van der Waals surface area contributed by atoms with Crippen molar-refractivity contribution in [1.82, 2.24) is 0 Å². The summed E-state index contributed by atoms with van der Waals surface area (Å²) < 4.78 is 13.2. The van der Waals surface area contributed by atoms with Gasteiger partial charge in [0, 0.05) is 6.04 Å². The summed E-state index contributed by atoms with van der Waals surface area (Å²) >= 11 is 0. The summed E-state index contributed by atoms with van der Waals surface area (Å²) in [4.78, 5) is 0. The van der Waals surface area contributed by atoms with Gasteiger partial charge in [-0.25, -0.2) is 4.39 Å². The molecule has 0 aliphatic carbocycles. The quantitative estimate of drug-likeness (QED) is 0.873. The molecule has 1 nitrogen and oxygen atoms in total. The highest BCUT2D eigenvalue weighted by Gasteiger charge is 2.02. The van der Waals surface area contributed by atoms with Gasteiger partial charge in [0.2, 0.25) is 0 Å². The molecule has 0 aromatic heterocycles. The van der Waals surface area contributed by atoms with Crippen LogP contribution in [-0.4, -0.2) is 0 Å². The van der Waals surface area contributed by atoms with E-state index >= 15 is 0 Å². The van der Waals surface area contributed by atoms with E-state index in [1.54, 1.807) is 6.92 Å². The molecule has 1 unspecified atom stereocenters. The third kappa shape index (κ3) is 2.96. The van der Waals surface area contributed by atoms with E-state index in [1.807, 2.05) is 19.1 Å². The maximum absolute atomic E-state index is 13.2. The van der Waals surface area contributed by atoms with Crippen LogP contribution in [0.15, 0.2) is 42.5 Å². The molecule has 18 heavy (non-hydrogen) atoms. The third-order valence-electron chi connectivity index (χ3n) is 3.14. The second-order valence-corrected chi connectivity index (χ2v) is 4.79. The van der Waals surface area contributed by atoms with Crippen LogP contribution in [0.3, 0.4) is 0 Å². The van der Waals surface area contributed by atoms with E-state index < -0.39 is 0 Å². The fourth-order valence-corrected chi connectivity index (χ4v) is 1.99. The molecule has 0 spiro atoms. The molecule has 0 saturated heterocycles. The minimum atomic E-state index is -0.147. The lowest BCUT2D eigenvalue weighted by atomic mass is 10.0. The van der Waals surface area contributed by atoms with Crippen molar-refractivity contribution < 1.29 is 4.39 Å². The maximum Gasteiger partial charge on any atom is 0.126 e. The summed E-state index contributed by atoms with van der Waals surface area (Å²) in [7, 11) is 0. The Balaban J connectivity index is 2.15. The monoisotopic (exact) mass is 243 g/mol. The minimum absolute atomic E-state index is 0.0621. The molecule has 0 bridgehead atoms. The summed E-state index contributed by atoms with van der Waals surface area (Å²) in [6, 6.07) is 13.6. The van der Waals surface area contributed by atoms with Crippen molar-refractivity contribution in [2.45, 2.75) is 26.3 Å². The average Bonchev–Trinajstić information content (AvgIpc) is 2.34. The molecule has 2 N–H and O–H groups in total. The Kier molecular flexibility index (Phi) is 3.78. The fraction of sp³-hybridized carbons (Fsp3) is 0.250. The lowest BCUT2D eigenvalue weighted by Gasteiger charge is -2.08. The maximum atomic E-state index is 13.2. The zero-order chi connectivity index (χ0) is 13.1. The number of halogens is 1. The lowest BCUT2D eigenvalue weighted by molar-refractivity contribution is 0.618. The van der Waals surface area contributed by atoms with Crippen LogP contribution >= 0.6 is 0 Å². The second-order valence-electron chi connectivity index (χ2n) is 4.79. The number of hydrogen-bond donors (Lipinski definition) is 1. The van der Waals surface area contributed by atoms with Crippen LogP contribution in [0.1, 0.15) is 35.2 Å². The molecule has 0 radical (unpaired) electrons. The van der Waals surface area contributed by atoms with E-state index in [2.05, 4.69) is 24.3 Å². The molecule has 2 rings (SSSR count). The highest BCUT2D eigenvalue weighted by molar-refractivity contribution is 5.31. The van der Waals surface area contributed by atoms with Gasteiger partial charge in [-0.15, -0.1) is 0 Å². The van der Waals surface area contributed by atoms with Crippen molar-refractivity contribution in [3.8, 4) is 0 Å². The largest absolute Gasteiger partial charge is 0.324 e. The van der Waals surface area contributed by atoms with Crippen LogP contribution in [0.25, 0.3) is 0 Å². The number of nitrogens with two attached hydrogens (primary N) is 1. The molecule has 0 aliphatic heterocycles.